The fourth-order valence-electron chi connectivity index (χ4n) is 4.40. The van der Waals surface area contributed by atoms with E-state index in [9.17, 15) is 22.8 Å². The van der Waals surface area contributed by atoms with Gasteiger partial charge in [0, 0.05) is 17.2 Å². The molecule has 0 saturated heterocycles. The average molecular weight is 443 g/mol. The van der Waals surface area contributed by atoms with E-state index >= 15 is 0 Å². The lowest BCUT2D eigenvalue weighted by molar-refractivity contribution is -0.197. The molecule has 0 radical (unpaired) electrons. The summed E-state index contributed by atoms with van der Waals surface area (Å²) in [6.45, 7) is 1.62. The van der Waals surface area contributed by atoms with Gasteiger partial charge in [-0.2, -0.15) is 13.2 Å². The molecule has 1 saturated carbocycles. The van der Waals surface area contributed by atoms with Crippen LogP contribution in [0.1, 0.15) is 53.6 Å². The van der Waals surface area contributed by atoms with Gasteiger partial charge in [0.05, 0.1) is 0 Å². The minimum absolute atomic E-state index is 0.0510. The normalized spacial score (nSPS) is 22.1. The van der Waals surface area contributed by atoms with Crippen LogP contribution in [0.3, 0.4) is 0 Å². The summed E-state index contributed by atoms with van der Waals surface area (Å²) in [6.07, 6.45) is -1.30. The molecular weight excluding hydrogens is 419 g/mol. The van der Waals surface area contributed by atoms with Gasteiger partial charge in [-0.15, -0.1) is 0 Å². The molecule has 0 unspecified atom stereocenters. The number of amides is 2. The largest absolute Gasteiger partial charge is 0.442 e. The minimum atomic E-state index is -5.12. The van der Waals surface area contributed by atoms with Crippen LogP contribution in [-0.4, -0.2) is 40.4 Å². The van der Waals surface area contributed by atoms with Gasteiger partial charge in [-0.25, -0.2) is 4.99 Å². The summed E-state index contributed by atoms with van der Waals surface area (Å²) < 4.78 is 43.5. The molecule has 2 amide bonds. The lowest BCUT2D eigenvalue weighted by Gasteiger charge is -2.34. The summed E-state index contributed by atoms with van der Waals surface area (Å²) in [5.74, 6) is -2.29. The second-order valence-electron chi connectivity index (χ2n) is 8.25. The quantitative estimate of drug-likeness (QED) is 0.751. The fraction of sp³-hybridized carbons (Fsp3) is 0.375. The molecule has 1 fully saturated rings. The van der Waals surface area contributed by atoms with E-state index in [4.69, 9.17) is 0 Å². The van der Waals surface area contributed by atoms with Crippen LogP contribution in [0.25, 0.3) is 0 Å². The number of carbonyl (C=O) groups is 2. The van der Waals surface area contributed by atoms with Crippen molar-refractivity contribution in [2.24, 2.45) is 4.99 Å². The number of hydrogen-bond acceptors (Lipinski definition) is 3. The number of halogens is 3. The van der Waals surface area contributed by atoms with E-state index in [1.165, 1.54) is 11.0 Å². The Morgan fingerprint density at radius 1 is 1.03 bits per heavy atom. The van der Waals surface area contributed by atoms with Crippen LogP contribution in [0.15, 0.2) is 59.6 Å². The first-order valence-corrected chi connectivity index (χ1v) is 10.7. The molecule has 1 atom stereocenters. The second kappa shape index (κ2) is 8.41. The lowest BCUT2D eigenvalue weighted by atomic mass is 9.93. The van der Waals surface area contributed by atoms with E-state index in [2.05, 4.69) is 4.99 Å². The summed E-state index contributed by atoms with van der Waals surface area (Å²) in [5, 5.41) is 1.97. The van der Waals surface area contributed by atoms with Crippen LogP contribution in [0.2, 0.25) is 0 Å². The highest BCUT2D eigenvalue weighted by atomic mass is 19.4. The van der Waals surface area contributed by atoms with Gasteiger partial charge in [0.25, 0.3) is 11.8 Å². The highest BCUT2D eigenvalue weighted by Crippen LogP contribution is 2.41. The molecule has 1 N–H and O–H groups in total. The van der Waals surface area contributed by atoms with Gasteiger partial charge in [0.2, 0.25) is 0 Å². The lowest BCUT2D eigenvalue weighted by Crippen LogP contribution is -2.64. The van der Waals surface area contributed by atoms with Crippen LogP contribution in [0.4, 0.5) is 13.2 Å². The Hall–Kier alpha value is -3.16. The zero-order valence-electron chi connectivity index (χ0n) is 17.7. The molecule has 0 aromatic heterocycles. The van der Waals surface area contributed by atoms with Crippen molar-refractivity contribution in [3.63, 3.8) is 0 Å². The van der Waals surface area contributed by atoms with Gasteiger partial charge in [0.1, 0.15) is 5.84 Å². The smallest absolute Gasteiger partial charge is 0.312 e. The van der Waals surface area contributed by atoms with Crippen molar-refractivity contribution in [3.8, 4) is 0 Å². The number of benzene rings is 2. The van der Waals surface area contributed by atoms with Gasteiger partial charge in [-0.05, 0) is 31.4 Å². The number of alkyl halides is 3. The van der Waals surface area contributed by atoms with Gasteiger partial charge >= 0.3 is 11.8 Å². The molecule has 1 aliphatic heterocycles. The molecule has 0 bridgehead atoms. The summed E-state index contributed by atoms with van der Waals surface area (Å²) in [4.78, 5) is 31.5. The highest BCUT2D eigenvalue weighted by Gasteiger charge is 2.67. The number of amidine groups is 1. The molecule has 1 heterocycles. The third kappa shape index (κ3) is 3.78. The number of hydrogen-bond donors (Lipinski definition) is 1. The number of aliphatic imine (C=N–C) groups is 1. The Balaban J connectivity index is 1.82. The van der Waals surface area contributed by atoms with Crippen LogP contribution in [-0.2, 0) is 4.79 Å². The van der Waals surface area contributed by atoms with Crippen LogP contribution < -0.4 is 5.32 Å². The second-order valence-corrected chi connectivity index (χ2v) is 8.25. The van der Waals surface area contributed by atoms with Gasteiger partial charge in [-0.3, -0.25) is 14.5 Å². The van der Waals surface area contributed by atoms with E-state index in [1.54, 1.807) is 55.5 Å². The molecule has 1 aliphatic carbocycles. The van der Waals surface area contributed by atoms with Crippen molar-refractivity contribution < 1.29 is 22.8 Å². The standard InChI is InChI=1S/C24H24F3N3O2/c1-16-10-8-9-15-19(16)21(31)29-23(24(25,26)27)22(32)30(18-13-6-3-7-14-18)20(28-23)17-11-4-2-5-12-17/h2,4-5,8-12,15,18H,3,6-7,13-14H2,1H3,(H,29,31)/t23-/m0/s1. The summed E-state index contributed by atoms with van der Waals surface area (Å²) in [6, 6.07) is 14.2. The van der Waals surface area contributed by atoms with E-state index in [-0.39, 0.29) is 11.4 Å². The Morgan fingerprint density at radius 3 is 2.28 bits per heavy atom. The first-order valence-electron chi connectivity index (χ1n) is 10.7. The monoisotopic (exact) mass is 443 g/mol. The molecule has 168 valence electrons. The third-order valence-corrected chi connectivity index (χ3v) is 6.10. The van der Waals surface area contributed by atoms with Crippen molar-refractivity contribution in [2.45, 2.75) is 56.9 Å². The number of nitrogens with one attached hydrogen (secondary N) is 1. The summed E-state index contributed by atoms with van der Waals surface area (Å²) in [7, 11) is 0. The zero-order chi connectivity index (χ0) is 22.9. The topological polar surface area (TPSA) is 61.8 Å². The molecular formula is C24H24F3N3O2. The Bertz CT molecular complexity index is 1050. The predicted octanol–water partition coefficient (Wildman–Crippen LogP) is 4.61. The molecule has 8 heteroatoms. The Labute approximate surface area is 184 Å². The fourth-order valence-corrected chi connectivity index (χ4v) is 4.40. The summed E-state index contributed by atoms with van der Waals surface area (Å²) >= 11 is 0. The van der Waals surface area contributed by atoms with Crippen molar-refractivity contribution in [3.05, 3.63) is 71.3 Å². The molecule has 2 aromatic rings. The minimum Gasteiger partial charge on any atom is -0.312 e. The van der Waals surface area contributed by atoms with Gasteiger partial charge < -0.3 is 5.32 Å². The highest BCUT2D eigenvalue weighted by molar-refractivity contribution is 6.17. The van der Waals surface area contributed by atoms with Crippen molar-refractivity contribution in [2.75, 3.05) is 0 Å². The van der Waals surface area contributed by atoms with Crippen molar-refractivity contribution >= 4 is 17.6 Å². The van der Waals surface area contributed by atoms with Crippen LogP contribution >= 0.6 is 0 Å². The Kier molecular flexibility index (Phi) is 5.79. The number of aryl methyl sites for hydroxylation is 1. The first-order chi connectivity index (χ1) is 15.2. The molecule has 4 rings (SSSR count). The Morgan fingerprint density at radius 2 is 1.66 bits per heavy atom. The van der Waals surface area contributed by atoms with E-state index in [0.29, 0.717) is 24.0 Å². The average Bonchev–Trinajstić information content (AvgIpc) is 3.08. The van der Waals surface area contributed by atoms with E-state index < -0.39 is 29.7 Å². The maximum absolute atomic E-state index is 14.5. The first kappa shape index (κ1) is 22.0. The number of carbonyl (C=O) groups excluding carboxylic acids is 2. The zero-order valence-corrected chi connectivity index (χ0v) is 17.7. The molecule has 0 spiro atoms. The summed E-state index contributed by atoms with van der Waals surface area (Å²) in [5.41, 5.74) is -2.39. The van der Waals surface area contributed by atoms with Crippen molar-refractivity contribution in [1.82, 2.24) is 10.2 Å². The van der Waals surface area contributed by atoms with Crippen LogP contribution in [0, 0.1) is 6.92 Å². The number of nitrogens with zero attached hydrogens (tertiary/aromatic N) is 2. The molecule has 2 aliphatic rings. The van der Waals surface area contributed by atoms with Crippen molar-refractivity contribution in [1.29, 1.82) is 0 Å². The third-order valence-electron chi connectivity index (χ3n) is 6.10. The maximum Gasteiger partial charge on any atom is 0.442 e. The molecule has 32 heavy (non-hydrogen) atoms. The van der Waals surface area contributed by atoms with Gasteiger partial charge in [0.15, 0.2) is 0 Å². The van der Waals surface area contributed by atoms with E-state index in [0.717, 1.165) is 19.3 Å². The van der Waals surface area contributed by atoms with E-state index in [1.807, 2.05) is 5.32 Å². The SMILES string of the molecule is Cc1ccccc1C(=O)N[C@@]1(C(F)(F)F)N=C(c2ccccc2)N(C2CCCCC2)C1=O. The van der Waals surface area contributed by atoms with Crippen LogP contribution in [0.5, 0.6) is 0 Å². The molecule has 5 nitrogen and oxygen atoms in total. The predicted molar refractivity (Wildman–Crippen MR) is 114 cm³/mol. The van der Waals surface area contributed by atoms with Gasteiger partial charge in [-0.1, -0.05) is 67.8 Å². The number of rotatable bonds is 4. The maximum atomic E-state index is 14.5. The molecule has 2 aromatic carbocycles.